The number of rotatable bonds is 6. The molecule has 0 aliphatic carbocycles. The number of nitrogens with two attached hydrogens (primary N) is 1. The molecule has 32 heavy (non-hydrogen) atoms. The van der Waals surface area contributed by atoms with Gasteiger partial charge in [0, 0.05) is 4.75 Å². The first-order valence-electron chi connectivity index (χ1n) is 10.1. The van der Waals surface area contributed by atoms with Gasteiger partial charge < -0.3 is 20.7 Å². The molecule has 0 spiro atoms. The van der Waals surface area contributed by atoms with E-state index < -0.39 is 34.7 Å². The van der Waals surface area contributed by atoms with Crippen LogP contribution in [0.3, 0.4) is 0 Å². The number of thioether (sulfide) groups is 1. The second-order valence-electron chi connectivity index (χ2n) is 8.23. The average Bonchev–Trinajstić information content (AvgIpc) is 3.04. The maximum absolute atomic E-state index is 12.9. The van der Waals surface area contributed by atoms with Gasteiger partial charge in [0.25, 0.3) is 0 Å². The molecule has 2 amide bonds. The summed E-state index contributed by atoms with van der Waals surface area (Å²) in [7, 11) is 0. The Balaban J connectivity index is 0.00000289. The minimum Gasteiger partial charge on any atom is -0.459 e. The van der Waals surface area contributed by atoms with Crippen molar-refractivity contribution in [3.05, 3.63) is 71.8 Å². The maximum atomic E-state index is 12.9. The Hall–Kier alpha value is -2.55. The number of hydrogen-bond acceptors (Lipinski definition) is 6. The van der Waals surface area contributed by atoms with E-state index in [1.807, 2.05) is 50.2 Å². The molecule has 0 bridgehead atoms. The predicted octanol–water partition coefficient (Wildman–Crippen LogP) is 2.40. The highest BCUT2D eigenvalue weighted by atomic mass is 35.5. The average molecular weight is 476 g/mol. The molecule has 0 saturated carbocycles. The Bertz CT molecular complexity index is 989. The van der Waals surface area contributed by atoms with Crippen molar-refractivity contribution < 1.29 is 19.1 Å². The minimum absolute atomic E-state index is 0. The SMILES string of the molecule is CC1(C)S[C@@H]2[C@H](NC(=O)C(N)c3ccccc3)C(=O)N2[C@H]1C(=O)OCc1ccccc1.Cl. The number of ether oxygens (including phenoxy) is 1. The van der Waals surface area contributed by atoms with Gasteiger partial charge in [-0.3, -0.25) is 9.59 Å². The van der Waals surface area contributed by atoms with E-state index in [2.05, 4.69) is 5.32 Å². The molecule has 4 rings (SSSR count). The fourth-order valence-corrected chi connectivity index (χ4v) is 5.61. The number of halogens is 1. The van der Waals surface area contributed by atoms with Gasteiger partial charge >= 0.3 is 5.97 Å². The van der Waals surface area contributed by atoms with Crippen LogP contribution in [0.5, 0.6) is 0 Å². The predicted molar refractivity (Wildman–Crippen MR) is 125 cm³/mol. The van der Waals surface area contributed by atoms with Gasteiger partial charge in [-0.25, -0.2) is 4.79 Å². The number of carbonyl (C=O) groups excluding carboxylic acids is 3. The van der Waals surface area contributed by atoms with Crippen LogP contribution in [0.15, 0.2) is 60.7 Å². The van der Waals surface area contributed by atoms with Crippen molar-refractivity contribution in [2.24, 2.45) is 5.73 Å². The molecule has 2 heterocycles. The fraction of sp³-hybridized carbons (Fsp3) is 0.348. The normalized spacial score (nSPS) is 23.9. The topological polar surface area (TPSA) is 102 Å². The van der Waals surface area contributed by atoms with Crippen molar-refractivity contribution in [1.82, 2.24) is 10.2 Å². The number of amides is 2. The van der Waals surface area contributed by atoms with Crippen molar-refractivity contribution in [2.75, 3.05) is 0 Å². The van der Waals surface area contributed by atoms with E-state index in [9.17, 15) is 14.4 Å². The Morgan fingerprint density at radius 2 is 1.72 bits per heavy atom. The third-order valence-corrected chi connectivity index (χ3v) is 7.20. The van der Waals surface area contributed by atoms with Crippen LogP contribution in [-0.2, 0) is 25.7 Å². The van der Waals surface area contributed by atoms with Crippen LogP contribution >= 0.6 is 24.2 Å². The standard InChI is InChI=1S/C23H25N3O4S.ClH/c1-23(2)18(22(29)30-13-14-9-5-3-6-10-14)26-20(28)17(21(26)31-23)25-19(27)16(24)15-11-7-4-8-12-15;/h3-12,16-18,21H,13,24H2,1-2H3,(H,25,27);1H/t16?,17-,18+,21-;/m1./s1. The third-order valence-electron chi connectivity index (χ3n) is 5.63. The summed E-state index contributed by atoms with van der Waals surface area (Å²) < 4.78 is 4.96. The van der Waals surface area contributed by atoms with Crippen LogP contribution in [0.25, 0.3) is 0 Å². The van der Waals surface area contributed by atoms with E-state index in [-0.39, 0.29) is 30.3 Å². The van der Waals surface area contributed by atoms with Crippen molar-refractivity contribution >= 4 is 42.0 Å². The first-order valence-corrected chi connectivity index (χ1v) is 11.0. The highest BCUT2D eigenvalue weighted by molar-refractivity contribution is 8.01. The van der Waals surface area contributed by atoms with Crippen molar-refractivity contribution in [3.63, 3.8) is 0 Å². The molecule has 170 valence electrons. The number of nitrogens with zero attached hydrogens (tertiary/aromatic N) is 1. The van der Waals surface area contributed by atoms with Gasteiger partial charge in [0.15, 0.2) is 0 Å². The van der Waals surface area contributed by atoms with E-state index >= 15 is 0 Å². The summed E-state index contributed by atoms with van der Waals surface area (Å²) in [4.78, 5) is 39.9. The van der Waals surface area contributed by atoms with Crippen LogP contribution in [0.1, 0.15) is 31.0 Å². The summed E-state index contributed by atoms with van der Waals surface area (Å²) >= 11 is 1.49. The summed E-state index contributed by atoms with van der Waals surface area (Å²) in [5.41, 5.74) is 7.61. The Kier molecular flexibility index (Phi) is 7.17. The van der Waals surface area contributed by atoms with Crippen molar-refractivity contribution in [1.29, 1.82) is 0 Å². The summed E-state index contributed by atoms with van der Waals surface area (Å²) in [6, 6.07) is 16.1. The van der Waals surface area contributed by atoms with Crippen LogP contribution in [0.4, 0.5) is 0 Å². The smallest absolute Gasteiger partial charge is 0.330 e. The van der Waals surface area contributed by atoms with Crippen LogP contribution < -0.4 is 11.1 Å². The number of fused-ring (bicyclic) bond motifs is 1. The van der Waals surface area contributed by atoms with Gasteiger partial charge in [-0.1, -0.05) is 60.7 Å². The molecule has 4 atom stereocenters. The second kappa shape index (κ2) is 9.52. The van der Waals surface area contributed by atoms with E-state index in [0.29, 0.717) is 5.56 Å². The molecule has 2 aromatic carbocycles. The van der Waals surface area contributed by atoms with Crippen molar-refractivity contribution in [2.45, 2.75) is 48.7 Å². The van der Waals surface area contributed by atoms with E-state index in [1.54, 1.807) is 24.3 Å². The number of esters is 1. The van der Waals surface area contributed by atoms with Gasteiger partial charge in [0.05, 0.1) is 0 Å². The number of carbonyl (C=O) groups is 3. The molecule has 2 saturated heterocycles. The highest BCUT2D eigenvalue weighted by Crippen LogP contribution is 2.51. The van der Waals surface area contributed by atoms with Crippen molar-refractivity contribution in [3.8, 4) is 0 Å². The second-order valence-corrected chi connectivity index (χ2v) is 10.00. The lowest BCUT2D eigenvalue weighted by Crippen LogP contribution is -2.71. The molecule has 9 heteroatoms. The Morgan fingerprint density at radius 3 is 2.34 bits per heavy atom. The summed E-state index contributed by atoms with van der Waals surface area (Å²) in [6.45, 7) is 3.97. The highest BCUT2D eigenvalue weighted by Gasteiger charge is 2.64. The number of hydrogen-bond donors (Lipinski definition) is 2. The van der Waals surface area contributed by atoms with Gasteiger partial charge in [-0.15, -0.1) is 24.2 Å². The first-order chi connectivity index (χ1) is 14.8. The lowest BCUT2D eigenvalue weighted by Gasteiger charge is -2.44. The third kappa shape index (κ3) is 4.48. The zero-order valence-electron chi connectivity index (χ0n) is 17.8. The molecule has 2 aliphatic heterocycles. The summed E-state index contributed by atoms with van der Waals surface area (Å²) in [5.74, 6) is -1.15. The zero-order valence-corrected chi connectivity index (χ0v) is 19.4. The first kappa shape index (κ1) is 24.1. The van der Waals surface area contributed by atoms with Crippen LogP contribution in [-0.4, -0.2) is 44.9 Å². The quantitative estimate of drug-likeness (QED) is 0.491. The molecular formula is C23H26ClN3O4S. The molecule has 1 unspecified atom stereocenters. The number of nitrogens with one attached hydrogen (secondary N) is 1. The van der Waals surface area contributed by atoms with Gasteiger partial charge in [-0.05, 0) is 25.0 Å². The molecule has 0 aromatic heterocycles. The maximum Gasteiger partial charge on any atom is 0.330 e. The molecule has 0 radical (unpaired) electrons. The lowest BCUT2D eigenvalue weighted by atomic mass is 9.95. The summed E-state index contributed by atoms with van der Waals surface area (Å²) in [5, 5.41) is 2.43. The minimum atomic E-state index is -0.867. The Labute approximate surface area is 197 Å². The summed E-state index contributed by atoms with van der Waals surface area (Å²) in [6.07, 6.45) is 0. The largest absolute Gasteiger partial charge is 0.459 e. The molecule has 7 nitrogen and oxygen atoms in total. The Morgan fingerprint density at radius 1 is 1.12 bits per heavy atom. The zero-order chi connectivity index (χ0) is 22.2. The monoisotopic (exact) mass is 475 g/mol. The van der Waals surface area contributed by atoms with E-state index in [1.165, 1.54) is 16.7 Å². The molecule has 2 fully saturated rings. The van der Waals surface area contributed by atoms with Gasteiger partial charge in [0.2, 0.25) is 11.8 Å². The molecular weight excluding hydrogens is 450 g/mol. The van der Waals surface area contributed by atoms with E-state index in [0.717, 1.165) is 5.56 Å². The molecule has 3 N–H and O–H groups in total. The lowest BCUT2D eigenvalue weighted by molar-refractivity contribution is -0.165. The number of β-lactam (4-membered cyclic amide) rings is 1. The molecule has 2 aromatic rings. The van der Waals surface area contributed by atoms with Gasteiger partial charge in [0.1, 0.15) is 30.1 Å². The number of benzene rings is 2. The fourth-order valence-electron chi connectivity index (χ4n) is 3.99. The van der Waals surface area contributed by atoms with E-state index in [4.69, 9.17) is 10.5 Å². The van der Waals surface area contributed by atoms with Crippen LogP contribution in [0.2, 0.25) is 0 Å². The molecule has 2 aliphatic rings. The van der Waals surface area contributed by atoms with Crippen LogP contribution in [0, 0.1) is 0 Å². The van der Waals surface area contributed by atoms with Gasteiger partial charge in [-0.2, -0.15) is 0 Å².